The first kappa shape index (κ1) is 24.9. The van der Waals surface area contributed by atoms with E-state index in [1.165, 1.54) is 0 Å². The minimum absolute atomic E-state index is 0.108. The fourth-order valence-electron chi connectivity index (χ4n) is 2.52. The van der Waals surface area contributed by atoms with E-state index >= 15 is 0 Å². The second kappa shape index (κ2) is 13.2. The van der Waals surface area contributed by atoms with Gasteiger partial charge in [-0.25, -0.2) is 4.79 Å². The molecule has 1 rings (SSSR count). The van der Waals surface area contributed by atoms with Crippen LogP contribution < -0.4 is 21.3 Å². The molecule has 0 saturated carbocycles. The van der Waals surface area contributed by atoms with Crippen LogP contribution in [0.3, 0.4) is 0 Å². The summed E-state index contributed by atoms with van der Waals surface area (Å²) < 4.78 is 5.02. The number of anilines is 1. The fourth-order valence-corrected chi connectivity index (χ4v) is 2.52. The minimum atomic E-state index is -0.693. The van der Waals surface area contributed by atoms with Gasteiger partial charge >= 0.3 is 6.09 Å². The molecular formula is C21H32N4O5. The third kappa shape index (κ3) is 9.40. The number of hydrogen-bond acceptors (Lipinski definition) is 5. The molecule has 1 aromatic carbocycles. The van der Waals surface area contributed by atoms with Gasteiger partial charge in [0.25, 0.3) is 0 Å². The number of ether oxygens (including phenoxy) is 1. The van der Waals surface area contributed by atoms with Gasteiger partial charge in [0.05, 0.1) is 6.54 Å². The molecule has 1 aromatic rings. The average Bonchev–Trinajstić information content (AvgIpc) is 2.70. The normalized spacial score (nSPS) is 11.4. The average molecular weight is 421 g/mol. The Hall–Kier alpha value is -3.10. The molecule has 0 aromatic heterocycles. The van der Waals surface area contributed by atoms with E-state index in [2.05, 4.69) is 21.3 Å². The van der Waals surface area contributed by atoms with Crippen molar-refractivity contribution in [2.75, 3.05) is 18.4 Å². The van der Waals surface area contributed by atoms with E-state index in [4.69, 9.17) is 4.74 Å². The zero-order valence-corrected chi connectivity index (χ0v) is 18.0. The van der Waals surface area contributed by atoms with Crippen LogP contribution in [-0.2, 0) is 25.7 Å². The number of carbonyl (C=O) groups is 4. The molecule has 9 heteroatoms. The molecule has 0 radical (unpaired) electrons. The monoisotopic (exact) mass is 420 g/mol. The maximum atomic E-state index is 12.3. The molecule has 4 amide bonds. The summed E-state index contributed by atoms with van der Waals surface area (Å²) in [4.78, 5) is 47.5. The van der Waals surface area contributed by atoms with E-state index in [1.807, 2.05) is 20.8 Å². The van der Waals surface area contributed by atoms with Crippen LogP contribution in [0.15, 0.2) is 24.3 Å². The molecule has 166 valence electrons. The van der Waals surface area contributed by atoms with Crippen molar-refractivity contribution in [1.82, 2.24) is 16.0 Å². The van der Waals surface area contributed by atoms with Gasteiger partial charge in [0, 0.05) is 18.7 Å². The van der Waals surface area contributed by atoms with Gasteiger partial charge in [-0.2, -0.15) is 0 Å². The lowest BCUT2D eigenvalue weighted by atomic mass is 10.0. The van der Waals surface area contributed by atoms with Crippen LogP contribution in [0.4, 0.5) is 10.5 Å². The van der Waals surface area contributed by atoms with Crippen molar-refractivity contribution in [2.45, 2.75) is 53.2 Å². The SMILES string of the molecule is CCCC(=O)NC(C(=O)NCC(=O)Nc1ccc(COC(=O)NCC)cc1)C(C)C. The highest BCUT2D eigenvalue weighted by Gasteiger charge is 2.24. The Bertz CT molecular complexity index is 719. The number of benzene rings is 1. The lowest BCUT2D eigenvalue weighted by Crippen LogP contribution is -2.50. The van der Waals surface area contributed by atoms with Crippen LogP contribution in [0.25, 0.3) is 0 Å². The maximum absolute atomic E-state index is 12.3. The van der Waals surface area contributed by atoms with Crippen LogP contribution in [0.2, 0.25) is 0 Å². The van der Waals surface area contributed by atoms with Crippen molar-refractivity contribution in [2.24, 2.45) is 5.92 Å². The van der Waals surface area contributed by atoms with Crippen molar-refractivity contribution < 1.29 is 23.9 Å². The van der Waals surface area contributed by atoms with Crippen LogP contribution in [0.5, 0.6) is 0 Å². The lowest BCUT2D eigenvalue weighted by molar-refractivity contribution is -0.130. The quantitative estimate of drug-likeness (QED) is 0.435. The van der Waals surface area contributed by atoms with Crippen LogP contribution >= 0.6 is 0 Å². The molecule has 0 saturated heterocycles. The highest BCUT2D eigenvalue weighted by atomic mass is 16.5. The highest BCUT2D eigenvalue weighted by molar-refractivity contribution is 5.96. The van der Waals surface area contributed by atoms with E-state index in [1.54, 1.807) is 31.2 Å². The van der Waals surface area contributed by atoms with Crippen molar-refractivity contribution in [1.29, 1.82) is 0 Å². The summed E-state index contributed by atoms with van der Waals surface area (Å²) in [5.41, 5.74) is 1.32. The number of carbonyl (C=O) groups excluding carboxylic acids is 4. The maximum Gasteiger partial charge on any atom is 0.407 e. The Labute approximate surface area is 177 Å². The van der Waals surface area contributed by atoms with Crippen LogP contribution in [0.1, 0.15) is 46.1 Å². The summed E-state index contributed by atoms with van der Waals surface area (Å²) in [6.45, 7) is 7.73. The van der Waals surface area contributed by atoms with Crippen molar-refractivity contribution in [3.8, 4) is 0 Å². The molecule has 1 atom stereocenters. The lowest BCUT2D eigenvalue weighted by Gasteiger charge is -2.21. The van der Waals surface area contributed by atoms with Crippen molar-refractivity contribution in [3.05, 3.63) is 29.8 Å². The summed E-state index contributed by atoms with van der Waals surface area (Å²) in [5.74, 6) is -1.09. The second-order valence-corrected chi connectivity index (χ2v) is 7.11. The predicted octanol–water partition coefficient (Wildman–Crippen LogP) is 1.93. The second-order valence-electron chi connectivity index (χ2n) is 7.11. The fraction of sp³-hybridized carbons (Fsp3) is 0.524. The number of alkyl carbamates (subject to hydrolysis) is 1. The summed E-state index contributed by atoms with van der Waals surface area (Å²) >= 11 is 0. The largest absolute Gasteiger partial charge is 0.445 e. The van der Waals surface area contributed by atoms with E-state index in [-0.39, 0.29) is 25.0 Å². The zero-order chi connectivity index (χ0) is 22.5. The molecule has 0 heterocycles. The molecule has 0 aliphatic rings. The molecule has 9 nitrogen and oxygen atoms in total. The standard InChI is InChI=1S/C21H32N4O5/c1-5-7-17(26)25-19(14(3)4)20(28)23-12-18(27)24-16-10-8-15(9-11-16)13-30-21(29)22-6-2/h8-11,14,19H,5-7,12-13H2,1-4H3,(H,22,29)(H,23,28)(H,24,27)(H,25,26). The molecule has 4 N–H and O–H groups in total. The Kier molecular flexibility index (Phi) is 11.0. The van der Waals surface area contributed by atoms with E-state index in [0.29, 0.717) is 25.1 Å². The Morgan fingerprint density at radius 1 is 0.967 bits per heavy atom. The molecule has 0 fully saturated rings. The molecule has 0 aliphatic carbocycles. The van der Waals surface area contributed by atoms with Crippen LogP contribution in [-0.4, -0.2) is 42.9 Å². The molecule has 0 aliphatic heterocycles. The zero-order valence-electron chi connectivity index (χ0n) is 18.0. The molecular weight excluding hydrogens is 388 g/mol. The van der Waals surface area contributed by atoms with Crippen molar-refractivity contribution in [3.63, 3.8) is 0 Å². The first-order valence-corrected chi connectivity index (χ1v) is 10.1. The number of amides is 4. The summed E-state index contributed by atoms with van der Waals surface area (Å²) in [5, 5.41) is 10.5. The first-order valence-electron chi connectivity index (χ1n) is 10.1. The molecule has 30 heavy (non-hydrogen) atoms. The van der Waals surface area contributed by atoms with E-state index in [0.717, 1.165) is 5.56 Å². The van der Waals surface area contributed by atoms with Gasteiger partial charge < -0.3 is 26.0 Å². The van der Waals surface area contributed by atoms with Gasteiger partial charge in [-0.3, -0.25) is 14.4 Å². The van der Waals surface area contributed by atoms with Gasteiger partial charge in [0.2, 0.25) is 17.7 Å². The first-order chi connectivity index (χ1) is 14.3. The van der Waals surface area contributed by atoms with E-state index in [9.17, 15) is 19.2 Å². The van der Waals surface area contributed by atoms with Crippen LogP contribution in [0, 0.1) is 5.92 Å². The molecule has 1 unspecified atom stereocenters. The van der Waals surface area contributed by atoms with Gasteiger partial charge in [-0.15, -0.1) is 0 Å². The van der Waals surface area contributed by atoms with Crippen molar-refractivity contribution >= 4 is 29.5 Å². The predicted molar refractivity (Wildman–Crippen MR) is 114 cm³/mol. The summed E-state index contributed by atoms with van der Waals surface area (Å²) in [6, 6.07) is 6.12. The van der Waals surface area contributed by atoms with Gasteiger partial charge in [0.1, 0.15) is 12.6 Å². The highest BCUT2D eigenvalue weighted by Crippen LogP contribution is 2.10. The number of hydrogen-bond donors (Lipinski definition) is 4. The topological polar surface area (TPSA) is 126 Å². The molecule has 0 bridgehead atoms. The summed E-state index contributed by atoms with van der Waals surface area (Å²) in [7, 11) is 0. The minimum Gasteiger partial charge on any atom is -0.445 e. The van der Waals surface area contributed by atoms with Gasteiger partial charge in [-0.1, -0.05) is 32.9 Å². The number of rotatable bonds is 11. The van der Waals surface area contributed by atoms with Gasteiger partial charge in [-0.05, 0) is 37.0 Å². The third-order valence-electron chi connectivity index (χ3n) is 4.09. The molecule has 0 spiro atoms. The van der Waals surface area contributed by atoms with Gasteiger partial charge in [0.15, 0.2) is 0 Å². The third-order valence-corrected chi connectivity index (χ3v) is 4.09. The Morgan fingerprint density at radius 3 is 2.20 bits per heavy atom. The Morgan fingerprint density at radius 2 is 1.63 bits per heavy atom. The Balaban J connectivity index is 2.48. The number of nitrogens with one attached hydrogen (secondary N) is 4. The summed E-state index contributed by atoms with van der Waals surface area (Å²) in [6.07, 6.45) is 0.551. The van der Waals surface area contributed by atoms with E-state index < -0.39 is 23.9 Å². The smallest absolute Gasteiger partial charge is 0.407 e.